The molecule has 0 aromatic heterocycles. The number of nitrogens with zero attached hydrogens (tertiary/aromatic N) is 2. The molecule has 4 aliphatic rings. The van der Waals surface area contributed by atoms with Crippen molar-refractivity contribution >= 4 is 29.6 Å². The maximum atomic E-state index is 13.1. The Kier molecular flexibility index (Phi) is 5.45. The van der Waals surface area contributed by atoms with E-state index in [0.29, 0.717) is 5.56 Å². The average molecular weight is 499 g/mol. The number of hydrogen-bond donors (Lipinski definition) is 8. The molecule has 1 aromatic rings. The Hall–Kier alpha value is -3.71. The molecule has 3 amide bonds. The summed E-state index contributed by atoms with van der Waals surface area (Å²) in [5.74, 6) is -4.03. The summed E-state index contributed by atoms with van der Waals surface area (Å²) in [7, 11) is 0. The largest absolute Gasteiger partial charge is 0.361 e. The summed E-state index contributed by atoms with van der Waals surface area (Å²) < 4.78 is 0. The number of hydrogen-bond acceptors (Lipinski definition) is 7. The van der Waals surface area contributed by atoms with Gasteiger partial charge in [0.2, 0.25) is 17.6 Å². The van der Waals surface area contributed by atoms with Crippen LogP contribution in [0.5, 0.6) is 0 Å². The van der Waals surface area contributed by atoms with E-state index in [0.717, 1.165) is 10.5 Å². The highest BCUT2D eigenvalue weighted by molar-refractivity contribution is 6.02. The van der Waals surface area contributed by atoms with Crippen LogP contribution in [0.2, 0.25) is 0 Å². The van der Waals surface area contributed by atoms with Gasteiger partial charge in [-0.05, 0) is 23.6 Å². The standard InChI is InChI=1S/C23H30N8O5/c1-11(2)12-4-3-5-13(8-12)19(34)27-15-10-31-21(25)26-14(9-30-16(32)6-7-17(30)33)18-22(31,23(15,35)36)29-20(24)28-18/h3-5,8,11,14-15,18,35-36H,6-7,9-10H2,1-2H3,(H2,25,26)(H,27,34)(H3,24,28,29)/t14-,15-,18-,22-/m0/s1. The summed E-state index contributed by atoms with van der Waals surface area (Å²) in [6.07, 6.45) is 0.199. The summed E-state index contributed by atoms with van der Waals surface area (Å²) in [4.78, 5) is 40.0. The fourth-order valence-electron chi connectivity index (χ4n) is 5.64. The minimum absolute atomic E-state index is 0.0997. The fourth-order valence-corrected chi connectivity index (χ4v) is 5.64. The van der Waals surface area contributed by atoms with Crippen LogP contribution >= 0.6 is 0 Å². The molecule has 8 N–H and O–H groups in total. The van der Waals surface area contributed by atoms with Gasteiger partial charge in [-0.1, -0.05) is 26.0 Å². The minimum Gasteiger partial charge on any atom is -0.361 e. The van der Waals surface area contributed by atoms with Crippen molar-refractivity contribution in [1.82, 2.24) is 31.1 Å². The van der Waals surface area contributed by atoms with Crippen molar-refractivity contribution in [3.8, 4) is 0 Å². The van der Waals surface area contributed by atoms with Gasteiger partial charge in [0.05, 0.1) is 18.6 Å². The van der Waals surface area contributed by atoms with Crippen LogP contribution in [0.1, 0.15) is 48.5 Å². The van der Waals surface area contributed by atoms with E-state index in [1.54, 1.807) is 18.2 Å². The van der Waals surface area contributed by atoms with Crippen LogP contribution in [0.4, 0.5) is 0 Å². The molecule has 13 heteroatoms. The van der Waals surface area contributed by atoms with Crippen LogP contribution in [-0.2, 0) is 9.59 Å². The quantitative estimate of drug-likeness (QED) is 0.170. The third-order valence-electron chi connectivity index (χ3n) is 7.55. The lowest BCUT2D eigenvalue weighted by Crippen LogP contribution is -2.81. The van der Waals surface area contributed by atoms with Gasteiger partial charge >= 0.3 is 0 Å². The molecule has 0 aliphatic carbocycles. The maximum absolute atomic E-state index is 13.1. The van der Waals surface area contributed by atoms with Crippen molar-refractivity contribution in [3.05, 3.63) is 35.4 Å². The number of likely N-dealkylation sites (tertiary alicyclic amines) is 1. The second kappa shape index (κ2) is 8.17. The number of guanidine groups is 2. The van der Waals surface area contributed by atoms with Crippen molar-refractivity contribution < 1.29 is 24.6 Å². The maximum Gasteiger partial charge on any atom is 0.251 e. The molecule has 4 heterocycles. The molecular weight excluding hydrogens is 468 g/mol. The molecule has 4 atom stereocenters. The molecule has 1 aromatic carbocycles. The molecule has 5 rings (SSSR count). The second-order valence-electron chi connectivity index (χ2n) is 10.0. The van der Waals surface area contributed by atoms with Gasteiger partial charge in [0.25, 0.3) is 5.91 Å². The second-order valence-corrected chi connectivity index (χ2v) is 10.0. The fraction of sp³-hybridized carbons (Fsp3) is 0.522. The van der Waals surface area contributed by atoms with Gasteiger partial charge in [0, 0.05) is 24.9 Å². The van der Waals surface area contributed by atoms with E-state index in [4.69, 9.17) is 10.8 Å². The molecule has 192 valence electrons. The van der Waals surface area contributed by atoms with Crippen LogP contribution in [-0.4, -0.2) is 92.3 Å². The summed E-state index contributed by atoms with van der Waals surface area (Å²) in [5.41, 5.74) is -0.488. The van der Waals surface area contributed by atoms with E-state index < -0.39 is 35.5 Å². The molecular formula is C23H30N8O5. The highest BCUT2D eigenvalue weighted by Crippen LogP contribution is 2.43. The Morgan fingerprint density at radius 2 is 1.89 bits per heavy atom. The van der Waals surface area contributed by atoms with Gasteiger partial charge in [-0.25, -0.2) is 0 Å². The third-order valence-corrected chi connectivity index (χ3v) is 7.55. The molecule has 0 saturated carbocycles. The Morgan fingerprint density at radius 3 is 2.56 bits per heavy atom. The first kappa shape index (κ1) is 24.0. The number of amides is 3. The van der Waals surface area contributed by atoms with E-state index in [9.17, 15) is 24.6 Å². The predicted molar refractivity (Wildman–Crippen MR) is 127 cm³/mol. The molecule has 0 bridgehead atoms. The Balaban J connectivity index is 1.44. The molecule has 4 fully saturated rings. The van der Waals surface area contributed by atoms with Gasteiger partial charge in [0.15, 0.2) is 17.6 Å². The molecule has 13 nitrogen and oxygen atoms in total. The van der Waals surface area contributed by atoms with Crippen molar-refractivity contribution in [3.63, 3.8) is 0 Å². The first-order valence-corrected chi connectivity index (χ1v) is 11.9. The number of rotatable bonds is 5. The highest BCUT2D eigenvalue weighted by atomic mass is 16.5. The van der Waals surface area contributed by atoms with Gasteiger partial charge in [-0.3, -0.25) is 30.1 Å². The summed E-state index contributed by atoms with van der Waals surface area (Å²) in [5, 5.41) is 51.0. The Labute approximate surface area is 207 Å². The highest BCUT2D eigenvalue weighted by Gasteiger charge is 2.74. The van der Waals surface area contributed by atoms with Crippen molar-refractivity contribution in [2.75, 3.05) is 13.1 Å². The summed E-state index contributed by atoms with van der Waals surface area (Å²) in [6, 6.07) is 4.09. The van der Waals surface area contributed by atoms with E-state index in [1.807, 2.05) is 19.9 Å². The normalized spacial score (nSPS) is 30.6. The van der Waals surface area contributed by atoms with Crippen LogP contribution in [0.25, 0.3) is 0 Å². The molecule has 4 saturated heterocycles. The summed E-state index contributed by atoms with van der Waals surface area (Å²) in [6.45, 7) is 3.76. The average Bonchev–Trinajstić information content (AvgIpc) is 3.42. The predicted octanol–water partition coefficient (Wildman–Crippen LogP) is -1.85. The van der Waals surface area contributed by atoms with Crippen LogP contribution in [0, 0.1) is 10.8 Å². The molecule has 0 unspecified atom stereocenters. The van der Waals surface area contributed by atoms with Crippen molar-refractivity contribution in [2.45, 2.75) is 62.2 Å². The number of nitrogens with one attached hydrogen (secondary N) is 6. The number of aliphatic hydroxyl groups is 2. The van der Waals surface area contributed by atoms with Gasteiger partial charge in [0.1, 0.15) is 6.04 Å². The number of benzene rings is 1. The molecule has 36 heavy (non-hydrogen) atoms. The Morgan fingerprint density at radius 1 is 1.19 bits per heavy atom. The van der Waals surface area contributed by atoms with E-state index in [2.05, 4.69) is 21.3 Å². The first-order chi connectivity index (χ1) is 17.0. The zero-order chi connectivity index (χ0) is 26.0. The number of imide groups is 1. The number of carbonyl (C=O) groups is 3. The molecule has 1 spiro atoms. The zero-order valence-electron chi connectivity index (χ0n) is 20.0. The van der Waals surface area contributed by atoms with E-state index >= 15 is 0 Å². The monoisotopic (exact) mass is 498 g/mol. The van der Waals surface area contributed by atoms with Gasteiger partial charge < -0.3 is 36.4 Å². The van der Waals surface area contributed by atoms with Crippen LogP contribution < -0.4 is 21.3 Å². The van der Waals surface area contributed by atoms with E-state index in [-0.39, 0.29) is 55.6 Å². The number of carbonyl (C=O) groups excluding carboxylic acids is 3. The first-order valence-electron chi connectivity index (χ1n) is 11.9. The molecule has 4 aliphatic heterocycles. The third kappa shape index (κ3) is 3.41. The van der Waals surface area contributed by atoms with Crippen molar-refractivity contribution in [1.29, 1.82) is 10.8 Å². The van der Waals surface area contributed by atoms with Gasteiger partial charge in [-0.15, -0.1) is 0 Å². The molecule has 0 radical (unpaired) electrons. The topological polar surface area (TPSA) is 194 Å². The Bertz CT molecular complexity index is 1150. The van der Waals surface area contributed by atoms with E-state index in [1.165, 1.54) is 4.90 Å². The van der Waals surface area contributed by atoms with Gasteiger partial charge in [-0.2, -0.15) is 0 Å². The lowest BCUT2D eigenvalue weighted by Gasteiger charge is -2.51. The minimum atomic E-state index is -2.63. The van der Waals surface area contributed by atoms with Crippen LogP contribution in [0.3, 0.4) is 0 Å². The SMILES string of the molecule is CC(C)c1cccc(C(=O)N[C@H]2CN3C(=N)N[C@@H](CN4C(=O)CCC4=O)[C@@H]4NC(=N)N[C@@]43C2(O)O)c1. The zero-order valence-corrected chi connectivity index (χ0v) is 20.0. The summed E-state index contributed by atoms with van der Waals surface area (Å²) >= 11 is 0. The lowest BCUT2D eigenvalue weighted by atomic mass is 9.84. The van der Waals surface area contributed by atoms with Crippen LogP contribution in [0.15, 0.2) is 24.3 Å². The smallest absolute Gasteiger partial charge is 0.251 e. The lowest BCUT2D eigenvalue weighted by molar-refractivity contribution is -0.232. The van der Waals surface area contributed by atoms with Crippen molar-refractivity contribution in [2.24, 2.45) is 0 Å².